The molecule has 1 aromatic heterocycles. The number of nitrogens with zero attached hydrogens (tertiary/aromatic N) is 2. The Morgan fingerprint density at radius 1 is 1.32 bits per heavy atom. The fourth-order valence-corrected chi connectivity index (χ4v) is 2.65. The standard InChI is InChI=1S/C15H19N3O/c1-18-15(16)9-12(17-18)10-19-14-8-4-6-11-5-2-3-7-13(11)14/h4,6,8-9H,2-3,5,7,10,16H2,1H3. The molecule has 0 bridgehead atoms. The van der Waals surface area contributed by atoms with Crippen LogP contribution in [-0.4, -0.2) is 9.78 Å². The molecule has 0 unspecified atom stereocenters. The van der Waals surface area contributed by atoms with Gasteiger partial charge >= 0.3 is 0 Å². The van der Waals surface area contributed by atoms with E-state index >= 15 is 0 Å². The van der Waals surface area contributed by atoms with Crippen molar-refractivity contribution in [3.05, 3.63) is 41.1 Å². The van der Waals surface area contributed by atoms with Crippen LogP contribution in [0.1, 0.15) is 29.7 Å². The van der Waals surface area contributed by atoms with Crippen LogP contribution in [-0.2, 0) is 26.5 Å². The zero-order valence-corrected chi connectivity index (χ0v) is 11.2. The minimum atomic E-state index is 0.474. The Morgan fingerprint density at radius 2 is 2.16 bits per heavy atom. The molecular formula is C15H19N3O. The summed E-state index contributed by atoms with van der Waals surface area (Å²) in [6, 6.07) is 8.19. The van der Waals surface area contributed by atoms with Gasteiger partial charge in [0.2, 0.25) is 0 Å². The zero-order chi connectivity index (χ0) is 13.2. The first kappa shape index (κ1) is 12.1. The molecule has 1 aliphatic carbocycles. The highest BCUT2D eigenvalue weighted by Gasteiger charge is 2.14. The summed E-state index contributed by atoms with van der Waals surface area (Å²) in [5.74, 6) is 1.66. The molecule has 2 aromatic rings. The van der Waals surface area contributed by atoms with Gasteiger partial charge in [-0.1, -0.05) is 12.1 Å². The Morgan fingerprint density at radius 3 is 2.95 bits per heavy atom. The summed E-state index contributed by atoms with van der Waals surface area (Å²) >= 11 is 0. The van der Waals surface area contributed by atoms with Gasteiger partial charge in [0.25, 0.3) is 0 Å². The topological polar surface area (TPSA) is 53.1 Å². The van der Waals surface area contributed by atoms with Crippen molar-refractivity contribution in [3.8, 4) is 5.75 Å². The summed E-state index contributed by atoms with van der Waals surface area (Å²) in [5, 5.41) is 4.30. The maximum Gasteiger partial charge on any atom is 0.132 e. The van der Waals surface area contributed by atoms with Gasteiger partial charge in [0.1, 0.15) is 23.9 Å². The van der Waals surface area contributed by atoms with E-state index in [9.17, 15) is 0 Å². The Balaban J connectivity index is 1.76. The molecule has 0 saturated carbocycles. The first-order valence-electron chi connectivity index (χ1n) is 6.76. The Hall–Kier alpha value is -1.97. The Bertz CT molecular complexity index is 570. The van der Waals surface area contributed by atoms with E-state index in [4.69, 9.17) is 10.5 Å². The molecule has 1 aromatic carbocycles. The molecule has 0 aliphatic heterocycles. The lowest BCUT2D eigenvalue weighted by molar-refractivity contribution is 0.295. The summed E-state index contributed by atoms with van der Waals surface area (Å²) in [5.41, 5.74) is 9.44. The molecule has 19 heavy (non-hydrogen) atoms. The minimum Gasteiger partial charge on any atom is -0.487 e. The molecule has 0 amide bonds. The highest BCUT2D eigenvalue weighted by molar-refractivity contribution is 5.42. The van der Waals surface area contributed by atoms with E-state index in [1.54, 1.807) is 4.68 Å². The van der Waals surface area contributed by atoms with Crippen LogP contribution in [0.15, 0.2) is 24.3 Å². The lowest BCUT2D eigenvalue weighted by Gasteiger charge is -2.19. The van der Waals surface area contributed by atoms with E-state index in [-0.39, 0.29) is 0 Å². The molecule has 0 atom stereocenters. The Labute approximate surface area is 113 Å². The van der Waals surface area contributed by atoms with Crippen LogP contribution < -0.4 is 10.5 Å². The maximum atomic E-state index is 5.93. The van der Waals surface area contributed by atoms with Crippen molar-refractivity contribution in [3.63, 3.8) is 0 Å². The highest BCUT2D eigenvalue weighted by Crippen LogP contribution is 2.29. The molecule has 4 nitrogen and oxygen atoms in total. The number of anilines is 1. The summed E-state index contributed by atoms with van der Waals surface area (Å²) in [6.45, 7) is 0.474. The lowest BCUT2D eigenvalue weighted by atomic mass is 9.91. The minimum absolute atomic E-state index is 0.474. The van der Waals surface area contributed by atoms with Crippen molar-refractivity contribution in [2.24, 2.45) is 7.05 Å². The van der Waals surface area contributed by atoms with Crippen molar-refractivity contribution in [2.45, 2.75) is 32.3 Å². The van der Waals surface area contributed by atoms with Crippen molar-refractivity contribution in [1.29, 1.82) is 0 Å². The van der Waals surface area contributed by atoms with Gasteiger partial charge in [-0.15, -0.1) is 0 Å². The van der Waals surface area contributed by atoms with Gasteiger partial charge in [0, 0.05) is 13.1 Å². The molecule has 0 radical (unpaired) electrons. The molecular weight excluding hydrogens is 238 g/mol. The quantitative estimate of drug-likeness (QED) is 0.919. The van der Waals surface area contributed by atoms with Gasteiger partial charge in [0.15, 0.2) is 0 Å². The van der Waals surface area contributed by atoms with E-state index < -0.39 is 0 Å². The smallest absolute Gasteiger partial charge is 0.132 e. The highest BCUT2D eigenvalue weighted by atomic mass is 16.5. The third-order valence-corrected chi connectivity index (χ3v) is 3.70. The number of nitrogen functional groups attached to an aromatic ring is 1. The molecule has 100 valence electrons. The average Bonchev–Trinajstić information content (AvgIpc) is 2.75. The van der Waals surface area contributed by atoms with Gasteiger partial charge in [-0.2, -0.15) is 5.10 Å². The van der Waals surface area contributed by atoms with Gasteiger partial charge in [0.05, 0.1) is 0 Å². The second-order valence-corrected chi connectivity index (χ2v) is 5.07. The van der Waals surface area contributed by atoms with E-state index in [1.165, 1.54) is 30.4 Å². The number of rotatable bonds is 3. The van der Waals surface area contributed by atoms with Crippen molar-refractivity contribution in [2.75, 3.05) is 5.73 Å². The van der Waals surface area contributed by atoms with Crippen molar-refractivity contribution in [1.82, 2.24) is 9.78 Å². The molecule has 0 saturated heterocycles. The van der Waals surface area contributed by atoms with Crippen LogP contribution in [0.3, 0.4) is 0 Å². The van der Waals surface area contributed by atoms with E-state index in [0.717, 1.165) is 17.9 Å². The number of hydrogen-bond acceptors (Lipinski definition) is 3. The second-order valence-electron chi connectivity index (χ2n) is 5.07. The number of benzene rings is 1. The monoisotopic (exact) mass is 257 g/mol. The normalized spacial score (nSPS) is 14.2. The van der Waals surface area contributed by atoms with E-state index in [2.05, 4.69) is 23.3 Å². The second kappa shape index (κ2) is 4.96. The molecule has 3 rings (SSSR count). The number of aromatic nitrogens is 2. The third kappa shape index (κ3) is 2.43. The van der Waals surface area contributed by atoms with Crippen LogP contribution in [0, 0.1) is 0 Å². The number of nitrogens with two attached hydrogens (primary N) is 1. The number of hydrogen-bond donors (Lipinski definition) is 1. The first-order valence-corrected chi connectivity index (χ1v) is 6.76. The lowest BCUT2D eigenvalue weighted by Crippen LogP contribution is -2.06. The SMILES string of the molecule is Cn1nc(COc2cccc3c2CCCC3)cc1N. The summed E-state index contributed by atoms with van der Waals surface area (Å²) in [4.78, 5) is 0. The largest absolute Gasteiger partial charge is 0.487 e. The van der Waals surface area contributed by atoms with Crippen molar-refractivity contribution < 1.29 is 4.74 Å². The summed E-state index contributed by atoms with van der Waals surface area (Å²) in [7, 11) is 1.84. The van der Waals surface area contributed by atoms with Gasteiger partial charge in [-0.25, -0.2) is 0 Å². The van der Waals surface area contributed by atoms with Crippen LogP contribution in [0.25, 0.3) is 0 Å². The fourth-order valence-electron chi connectivity index (χ4n) is 2.65. The fraction of sp³-hybridized carbons (Fsp3) is 0.400. The molecule has 4 heteroatoms. The summed E-state index contributed by atoms with van der Waals surface area (Å²) < 4.78 is 7.59. The molecule has 0 spiro atoms. The van der Waals surface area contributed by atoms with Crippen LogP contribution >= 0.6 is 0 Å². The first-order chi connectivity index (χ1) is 9.24. The Kier molecular flexibility index (Phi) is 3.15. The van der Waals surface area contributed by atoms with Crippen LogP contribution in [0.2, 0.25) is 0 Å². The van der Waals surface area contributed by atoms with Gasteiger partial charge in [-0.05, 0) is 42.9 Å². The summed E-state index contributed by atoms with van der Waals surface area (Å²) in [6.07, 6.45) is 4.83. The van der Waals surface area contributed by atoms with E-state index in [1.807, 2.05) is 13.1 Å². The predicted octanol–water partition coefficient (Wildman–Crippen LogP) is 2.46. The zero-order valence-electron chi connectivity index (χ0n) is 11.2. The average molecular weight is 257 g/mol. The predicted molar refractivity (Wildman–Crippen MR) is 75.0 cm³/mol. The van der Waals surface area contributed by atoms with Gasteiger partial charge < -0.3 is 10.5 Å². The van der Waals surface area contributed by atoms with Crippen molar-refractivity contribution >= 4 is 5.82 Å². The maximum absolute atomic E-state index is 5.93. The van der Waals surface area contributed by atoms with Crippen LogP contribution in [0.4, 0.5) is 5.82 Å². The third-order valence-electron chi connectivity index (χ3n) is 3.70. The molecule has 0 fully saturated rings. The van der Waals surface area contributed by atoms with Gasteiger partial charge in [-0.3, -0.25) is 4.68 Å². The molecule has 1 aliphatic rings. The molecule has 2 N–H and O–H groups in total. The van der Waals surface area contributed by atoms with E-state index in [0.29, 0.717) is 12.4 Å². The number of fused-ring (bicyclic) bond motifs is 1. The van der Waals surface area contributed by atoms with Crippen LogP contribution in [0.5, 0.6) is 5.75 Å². The molecule has 1 heterocycles. The number of aryl methyl sites for hydroxylation is 2. The number of ether oxygens (including phenoxy) is 1.